The molecule has 2 aliphatic rings. The summed E-state index contributed by atoms with van der Waals surface area (Å²) in [6.45, 7) is 5.04. The number of rotatable bonds is 9. The SMILES string of the molecule is CCN1CC[C@@H]1COc1cnn(C)c1-c1ccn2nc(N[N+](=O)[C@H]3CC3c3ccccn3)cc2c1. The maximum atomic E-state index is 12.7. The van der Waals surface area contributed by atoms with Gasteiger partial charge in [-0.25, -0.2) is 4.52 Å². The molecule has 0 amide bonds. The van der Waals surface area contributed by atoms with Crippen molar-refractivity contribution in [2.45, 2.75) is 37.8 Å². The number of pyridine rings is 2. The maximum Gasteiger partial charge on any atom is 0.244 e. The van der Waals surface area contributed by atoms with Gasteiger partial charge in [-0.2, -0.15) is 5.10 Å². The second-order valence-corrected chi connectivity index (χ2v) is 9.28. The van der Waals surface area contributed by atoms with Gasteiger partial charge in [0.05, 0.1) is 28.2 Å². The Balaban J connectivity index is 1.16. The average Bonchev–Trinajstić information content (AvgIpc) is 3.43. The number of likely N-dealkylation sites (N-methyl/N-ethyl adjacent to an activating group) is 1. The summed E-state index contributed by atoms with van der Waals surface area (Å²) in [5.41, 5.74) is 6.63. The van der Waals surface area contributed by atoms with Crippen LogP contribution in [0.25, 0.3) is 16.8 Å². The number of hydrogen-bond donors (Lipinski definition) is 1. The molecule has 2 fully saturated rings. The zero-order chi connectivity index (χ0) is 23.9. The monoisotopic (exact) mass is 473 g/mol. The minimum Gasteiger partial charge on any atom is -0.488 e. The zero-order valence-electron chi connectivity index (χ0n) is 19.9. The Bertz CT molecular complexity index is 1360. The molecule has 1 aliphatic heterocycles. The molecular weight excluding hydrogens is 444 g/mol. The minimum absolute atomic E-state index is 0.140. The maximum absolute atomic E-state index is 12.7. The number of anilines is 1. The highest BCUT2D eigenvalue weighted by atomic mass is 16.5. The fourth-order valence-corrected chi connectivity index (χ4v) is 4.88. The standard InChI is InChI=1S/C25H29N8O2/c1-3-31-10-8-18(31)16-35-23-15-27-30(2)25(23)17-7-11-32-19(12-17)13-24(28-32)29-33(34)22-14-20(22)21-6-4-5-9-26-21/h4-7,9,11-13,15,18,20,22H,3,8,10,14,16H2,1-2H3,(H,28,29,34)/q+1/t18-,20?,22+/m1/s1. The third-order valence-electron chi connectivity index (χ3n) is 7.10. The van der Waals surface area contributed by atoms with E-state index in [0.717, 1.165) is 52.6 Å². The predicted molar refractivity (Wildman–Crippen MR) is 131 cm³/mol. The first-order valence-electron chi connectivity index (χ1n) is 12.1. The van der Waals surface area contributed by atoms with Crippen LogP contribution < -0.4 is 10.2 Å². The Morgan fingerprint density at radius 3 is 2.94 bits per heavy atom. The van der Waals surface area contributed by atoms with E-state index in [9.17, 15) is 4.91 Å². The summed E-state index contributed by atoms with van der Waals surface area (Å²) in [5.74, 6) is 1.44. The molecule has 0 spiro atoms. The van der Waals surface area contributed by atoms with Gasteiger partial charge in [-0.3, -0.25) is 14.6 Å². The van der Waals surface area contributed by atoms with E-state index in [1.54, 1.807) is 16.9 Å². The van der Waals surface area contributed by atoms with Gasteiger partial charge in [-0.05, 0) is 37.2 Å². The van der Waals surface area contributed by atoms with E-state index >= 15 is 0 Å². The van der Waals surface area contributed by atoms with E-state index in [-0.39, 0.29) is 12.0 Å². The van der Waals surface area contributed by atoms with Gasteiger partial charge in [0.25, 0.3) is 0 Å². The summed E-state index contributed by atoms with van der Waals surface area (Å²) in [6.07, 6.45) is 7.38. The number of likely N-dealkylation sites (tertiary alicyclic amines) is 1. The van der Waals surface area contributed by atoms with Gasteiger partial charge >= 0.3 is 0 Å². The molecule has 1 saturated heterocycles. The number of fused-ring (bicyclic) bond motifs is 1. The highest BCUT2D eigenvalue weighted by Gasteiger charge is 2.53. The normalized spacial score (nSPS) is 21.6. The van der Waals surface area contributed by atoms with Crippen molar-refractivity contribution in [1.29, 1.82) is 0 Å². The van der Waals surface area contributed by atoms with E-state index < -0.39 is 0 Å². The van der Waals surface area contributed by atoms with E-state index in [2.05, 4.69) is 32.4 Å². The molecule has 0 radical (unpaired) electrons. The van der Waals surface area contributed by atoms with Gasteiger partial charge in [0.2, 0.25) is 11.9 Å². The summed E-state index contributed by atoms with van der Waals surface area (Å²) < 4.78 is 9.77. The molecular formula is C25H29N8O2+. The van der Waals surface area contributed by atoms with Gasteiger partial charge in [-0.15, -0.1) is 5.10 Å². The Morgan fingerprint density at radius 2 is 2.17 bits per heavy atom. The molecule has 35 heavy (non-hydrogen) atoms. The Kier molecular flexibility index (Phi) is 5.44. The molecule has 0 bridgehead atoms. The molecule has 0 aromatic carbocycles. The van der Waals surface area contributed by atoms with Crippen LogP contribution in [-0.4, -0.2) is 65.9 Å². The molecule has 1 unspecified atom stereocenters. The molecule has 1 saturated carbocycles. The Morgan fingerprint density at radius 1 is 1.26 bits per heavy atom. The second-order valence-electron chi connectivity index (χ2n) is 9.28. The molecule has 4 aromatic rings. The number of ether oxygens (including phenoxy) is 1. The van der Waals surface area contributed by atoms with Crippen molar-refractivity contribution in [3.05, 3.63) is 65.6 Å². The van der Waals surface area contributed by atoms with Gasteiger partial charge in [0.1, 0.15) is 17.2 Å². The second kappa shape index (κ2) is 8.77. The molecule has 10 nitrogen and oxygen atoms in total. The van der Waals surface area contributed by atoms with Crippen molar-refractivity contribution in [3.8, 4) is 17.0 Å². The molecule has 4 aromatic heterocycles. The minimum atomic E-state index is -0.140. The van der Waals surface area contributed by atoms with Crippen LogP contribution in [0.1, 0.15) is 31.4 Å². The lowest BCUT2D eigenvalue weighted by Gasteiger charge is -2.39. The van der Waals surface area contributed by atoms with Crippen LogP contribution in [0.4, 0.5) is 5.82 Å². The van der Waals surface area contributed by atoms with Gasteiger partial charge < -0.3 is 4.74 Å². The van der Waals surface area contributed by atoms with E-state index in [4.69, 9.17) is 4.74 Å². The van der Waals surface area contributed by atoms with Crippen LogP contribution in [0.15, 0.2) is 55.0 Å². The number of hydrogen-bond acceptors (Lipinski definition) is 6. The topological polar surface area (TPSA) is 92.6 Å². The molecule has 6 rings (SSSR count). The number of nitroso groups, excluding NO2 is 1. The predicted octanol–water partition coefficient (Wildman–Crippen LogP) is 3.26. The fourth-order valence-electron chi connectivity index (χ4n) is 4.88. The lowest BCUT2D eigenvalue weighted by Crippen LogP contribution is -2.50. The van der Waals surface area contributed by atoms with Gasteiger partial charge in [0, 0.05) is 50.1 Å². The molecule has 180 valence electrons. The smallest absolute Gasteiger partial charge is 0.244 e. The van der Waals surface area contributed by atoms with Crippen LogP contribution >= 0.6 is 0 Å². The van der Waals surface area contributed by atoms with Gasteiger partial charge in [-0.1, -0.05) is 18.4 Å². The zero-order valence-corrected chi connectivity index (χ0v) is 19.9. The molecule has 10 heteroatoms. The van der Waals surface area contributed by atoms with Crippen molar-refractivity contribution in [2.24, 2.45) is 7.05 Å². The molecule has 3 atom stereocenters. The summed E-state index contributed by atoms with van der Waals surface area (Å²) in [5, 5.41) is 8.94. The van der Waals surface area contributed by atoms with Crippen LogP contribution in [0.3, 0.4) is 0 Å². The number of nitrogens with zero attached hydrogens (tertiary/aromatic N) is 7. The summed E-state index contributed by atoms with van der Waals surface area (Å²) in [7, 11) is 1.92. The highest BCUT2D eigenvalue weighted by molar-refractivity contribution is 5.72. The quantitative estimate of drug-likeness (QED) is 0.295. The number of nitrogens with one attached hydrogen (secondary N) is 1. The third-order valence-corrected chi connectivity index (χ3v) is 7.10. The van der Waals surface area contributed by atoms with Crippen molar-refractivity contribution >= 4 is 11.3 Å². The van der Waals surface area contributed by atoms with Gasteiger partial charge in [0.15, 0.2) is 5.75 Å². The lowest BCUT2D eigenvalue weighted by atomic mass is 10.0. The Labute approximate surface area is 203 Å². The number of hydrazine groups is 1. The van der Waals surface area contributed by atoms with Crippen molar-refractivity contribution in [2.75, 3.05) is 25.1 Å². The van der Waals surface area contributed by atoms with E-state index in [1.807, 2.05) is 54.3 Å². The van der Waals surface area contributed by atoms with Crippen LogP contribution in [-0.2, 0) is 7.05 Å². The van der Waals surface area contributed by atoms with Crippen molar-refractivity contribution in [1.82, 2.24) is 29.3 Å². The largest absolute Gasteiger partial charge is 0.488 e. The summed E-state index contributed by atoms with van der Waals surface area (Å²) >= 11 is 0. The van der Waals surface area contributed by atoms with Crippen molar-refractivity contribution < 1.29 is 9.61 Å². The van der Waals surface area contributed by atoms with Crippen LogP contribution in [0, 0.1) is 4.91 Å². The van der Waals surface area contributed by atoms with Crippen LogP contribution in [0.2, 0.25) is 0 Å². The summed E-state index contributed by atoms with van der Waals surface area (Å²) in [4.78, 5) is 20.4. The van der Waals surface area contributed by atoms with E-state index in [1.165, 1.54) is 6.42 Å². The first-order valence-corrected chi connectivity index (χ1v) is 12.1. The number of aromatic nitrogens is 5. The highest BCUT2D eigenvalue weighted by Crippen LogP contribution is 2.42. The number of aryl methyl sites for hydroxylation is 1. The molecule has 1 aliphatic carbocycles. The fraction of sp³-hybridized carbons (Fsp3) is 0.400. The third kappa shape index (κ3) is 4.14. The Hall–Kier alpha value is -3.79. The first kappa shape index (κ1) is 21.7. The average molecular weight is 474 g/mol. The van der Waals surface area contributed by atoms with E-state index in [0.29, 0.717) is 18.5 Å². The lowest BCUT2D eigenvalue weighted by molar-refractivity contribution is -0.534. The summed E-state index contributed by atoms with van der Waals surface area (Å²) in [6, 6.07) is 12.0. The first-order chi connectivity index (χ1) is 17.1. The molecule has 5 heterocycles. The van der Waals surface area contributed by atoms with Crippen molar-refractivity contribution in [3.63, 3.8) is 0 Å². The molecule has 1 N–H and O–H groups in total. The van der Waals surface area contributed by atoms with Crippen LogP contribution in [0.5, 0.6) is 5.75 Å².